The maximum absolute atomic E-state index is 12.9. The number of aliphatic carboxylic acids is 1. The van der Waals surface area contributed by atoms with Crippen LogP contribution in [-0.4, -0.2) is 41.0 Å². The number of carboxylic acid groups (broad SMARTS) is 1. The number of rotatable bonds is 8. The van der Waals surface area contributed by atoms with Gasteiger partial charge < -0.3 is 19.9 Å². The molecule has 1 unspecified atom stereocenters. The van der Waals surface area contributed by atoms with Gasteiger partial charge in [-0.3, -0.25) is 19.5 Å². The Morgan fingerprint density at radius 2 is 1.78 bits per heavy atom. The zero-order valence-corrected chi connectivity index (χ0v) is 18.3. The quantitative estimate of drug-likeness (QED) is 0.496. The summed E-state index contributed by atoms with van der Waals surface area (Å²) in [5.74, 6) is -0.811. The molecule has 9 nitrogen and oxygen atoms in total. The summed E-state index contributed by atoms with van der Waals surface area (Å²) in [4.78, 5) is 36.8. The first-order valence-corrected chi connectivity index (χ1v) is 9.87. The molecule has 3 N–H and O–H groups in total. The number of aromatic nitrogens is 2. The Morgan fingerprint density at radius 1 is 1.06 bits per heavy atom. The second-order valence-corrected chi connectivity index (χ2v) is 7.37. The minimum atomic E-state index is -1.09. The number of nitrogens with zero attached hydrogens (tertiary/aromatic N) is 1. The molecule has 168 valence electrons. The van der Waals surface area contributed by atoms with Gasteiger partial charge in [0.25, 0.3) is 11.5 Å². The molecule has 0 bridgehead atoms. The van der Waals surface area contributed by atoms with Crippen molar-refractivity contribution < 1.29 is 24.2 Å². The highest BCUT2D eigenvalue weighted by Crippen LogP contribution is 2.31. The highest BCUT2D eigenvalue weighted by molar-refractivity contribution is 5.92. The molecule has 0 saturated carbocycles. The maximum Gasteiger partial charge on any atom is 0.305 e. The predicted octanol–water partition coefficient (Wildman–Crippen LogP) is 2.75. The van der Waals surface area contributed by atoms with Gasteiger partial charge in [-0.05, 0) is 48.7 Å². The molecule has 1 aromatic heterocycles. The summed E-state index contributed by atoms with van der Waals surface area (Å²) in [6.45, 7) is 3.77. The molecule has 1 heterocycles. The second-order valence-electron chi connectivity index (χ2n) is 7.37. The number of carboxylic acids is 1. The zero-order chi connectivity index (χ0) is 23.4. The van der Waals surface area contributed by atoms with E-state index in [1.54, 1.807) is 18.2 Å². The Hall–Kier alpha value is -4.01. The van der Waals surface area contributed by atoms with E-state index in [1.807, 2.05) is 32.0 Å². The van der Waals surface area contributed by atoms with E-state index < -0.39 is 23.5 Å². The summed E-state index contributed by atoms with van der Waals surface area (Å²) in [7, 11) is 2.96. The normalized spacial score (nSPS) is 11.6. The van der Waals surface area contributed by atoms with Gasteiger partial charge in [0.1, 0.15) is 5.69 Å². The van der Waals surface area contributed by atoms with Gasteiger partial charge in [-0.1, -0.05) is 18.2 Å². The average molecular weight is 439 g/mol. The van der Waals surface area contributed by atoms with E-state index in [2.05, 4.69) is 10.4 Å². The number of nitrogens with one attached hydrogen (secondary N) is 2. The van der Waals surface area contributed by atoms with Crippen molar-refractivity contribution in [3.63, 3.8) is 0 Å². The molecule has 0 radical (unpaired) electrons. The summed E-state index contributed by atoms with van der Waals surface area (Å²) in [6.07, 6.45) is -0.358. The molecule has 3 aromatic rings. The van der Waals surface area contributed by atoms with E-state index in [9.17, 15) is 19.5 Å². The van der Waals surface area contributed by atoms with E-state index in [0.29, 0.717) is 22.7 Å². The molecule has 0 aliphatic rings. The van der Waals surface area contributed by atoms with Gasteiger partial charge in [-0.15, -0.1) is 0 Å². The highest BCUT2D eigenvalue weighted by Gasteiger charge is 2.22. The van der Waals surface area contributed by atoms with Crippen LogP contribution in [-0.2, 0) is 4.79 Å². The van der Waals surface area contributed by atoms with Crippen molar-refractivity contribution in [2.45, 2.75) is 26.3 Å². The van der Waals surface area contributed by atoms with Crippen LogP contribution in [0, 0.1) is 13.8 Å². The monoisotopic (exact) mass is 439 g/mol. The minimum Gasteiger partial charge on any atom is -0.493 e. The molecule has 9 heteroatoms. The molecular formula is C23H25N3O6. The predicted molar refractivity (Wildman–Crippen MR) is 118 cm³/mol. The van der Waals surface area contributed by atoms with Gasteiger partial charge in [0, 0.05) is 6.07 Å². The van der Waals surface area contributed by atoms with Gasteiger partial charge in [-0.2, -0.15) is 0 Å². The van der Waals surface area contributed by atoms with Crippen LogP contribution in [0.2, 0.25) is 0 Å². The first-order valence-electron chi connectivity index (χ1n) is 9.87. The van der Waals surface area contributed by atoms with Crippen LogP contribution >= 0.6 is 0 Å². The molecule has 3 rings (SSSR count). The number of carbonyl (C=O) groups excluding carboxylic acids is 1. The van der Waals surface area contributed by atoms with Crippen LogP contribution in [0.3, 0.4) is 0 Å². The van der Waals surface area contributed by atoms with E-state index >= 15 is 0 Å². The topological polar surface area (TPSA) is 123 Å². The van der Waals surface area contributed by atoms with Crippen molar-refractivity contribution in [3.05, 3.63) is 75.2 Å². The number of benzene rings is 2. The van der Waals surface area contributed by atoms with Crippen molar-refractivity contribution in [2.75, 3.05) is 14.2 Å². The van der Waals surface area contributed by atoms with Crippen LogP contribution in [0.4, 0.5) is 0 Å². The summed E-state index contributed by atoms with van der Waals surface area (Å²) in [5, 5.41) is 14.8. The van der Waals surface area contributed by atoms with Crippen molar-refractivity contribution in [1.82, 2.24) is 15.1 Å². The number of aryl methyl sites for hydroxylation is 2. The van der Waals surface area contributed by atoms with Gasteiger partial charge in [0.05, 0.1) is 32.4 Å². The van der Waals surface area contributed by atoms with Crippen LogP contribution < -0.4 is 20.3 Å². The average Bonchev–Trinajstić information content (AvgIpc) is 3.15. The molecular weight excluding hydrogens is 414 g/mol. The molecule has 1 atom stereocenters. The fourth-order valence-corrected chi connectivity index (χ4v) is 3.38. The Kier molecular flexibility index (Phi) is 6.67. The summed E-state index contributed by atoms with van der Waals surface area (Å²) in [5.41, 5.74) is 2.61. The Bertz CT molecular complexity index is 1210. The lowest BCUT2D eigenvalue weighted by Gasteiger charge is -2.18. The standard InChI is InChI=1S/C23H25N3O6/c1-13-5-6-14(2)18(9-13)26-21(27)11-17(25-26)23(30)24-16(12-22(28)29)15-7-8-19(31-3)20(10-15)32-4/h5-11,16,25H,12H2,1-4H3,(H,24,30)(H,28,29). The summed E-state index contributed by atoms with van der Waals surface area (Å²) in [6, 6.07) is 10.9. The molecule has 2 aromatic carbocycles. The molecule has 1 amide bonds. The van der Waals surface area contributed by atoms with Gasteiger partial charge in [0.15, 0.2) is 11.5 Å². The van der Waals surface area contributed by atoms with Crippen LogP contribution in [0.1, 0.15) is 39.6 Å². The smallest absolute Gasteiger partial charge is 0.305 e. The van der Waals surface area contributed by atoms with E-state index in [0.717, 1.165) is 11.1 Å². The van der Waals surface area contributed by atoms with Gasteiger partial charge in [0.2, 0.25) is 0 Å². The number of carbonyl (C=O) groups is 2. The van der Waals surface area contributed by atoms with Crippen molar-refractivity contribution in [1.29, 1.82) is 0 Å². The fraction of sp³-hybridized carbons (Fsp3) is 0.261. The molecule has 0 saturated heterocycles. The maximum atomic E-state index is 12.9. The number of aromatic amines is 1. The van der Waals surface area contributed by atoms with Crippen LogP contribution in [0.25, 0.3) is 5.69 Å². The number of amides is 1. The molecule has 0 spiro atoms. The number of hydrogen-bond acceptors (Lipinski definition) is 5. The summed E-state index contributed by atoms with van der Waals surface area (Å²) < 4.78 is 11.8. The third-order valence-electron chi connectivity index (χ3n) is 5.06. The molecule has 0 aliphatic carbocycles. The highest BCUT2D eigenvalue weighted by atomic mass is 16.5. The number of H-pyrrole nitrogens is 1. The largest absolute Gasteiger partial charge is 0.493 e. The number of ether oxygens (including phenoxy) is 2. The minimum absolute atomic E-state index is 0.0202. The van der Waals surface area contributed by atoms with Crippen molar-refractivity contribution >= 4 is 11.9 Å². The first kappa shape index (κ1) is 22.7. The fourth-order valence-electron chi connectivity index (χ4n) is 3.38. The van der Waals surface area contributed by atoms with Crippen LogP contribution in [0.15, 0.2) is 47.3 Å². The lowest BCUT2D eigenvalue weighted by molar-refractivity contribution is -0.137. The second kappa shape index (κ2) is 9.42. The lowest BCUT2D eigenvalue weighted by Crippen LogP contribution is -2.30. The Balaban J connectivity index is 1.92. The van der Waals surface area contributed by atoms with Gasteiger partial charge >= 0.3 is 5.97 Å². The molecule has 0 fully saturated rings. The summed E-state index contributed by atoms with van der Waals surface area (Å²) >= 11 is 0. The zero-order valence-electron chi connectivity index (χ0n) is 18.3. The number of hydrogen-bond donors (Lipinski definition) is 3. The van der Waals surface area contributed by atoms with E-state index in [1.165, 1.54) is 25.0 Å². The third kappa shape index (κ3) is 4.83. The number of methoxy groups -OCH3 is 2. The SMILES string of the molecule is COc1ccc(C(CC(=O)O)NC(=O)c2cc(=O)n(-c3cc(C)ccc3C)[nH]2)cc1OC. The van der Waals surface area contributed by atoms with Gasteiger partial charge in [-0.25, -0.2) is 4.68 Å². The first-order chi connectivity index (χ1) is 15.2. The van der Waals surface area contributed by atoms with E-state index in [4.69, 9.17) is 9.47 Å². The third-order valence-corrected chi connectivity index (χ3v) is 5.06. The van der Waals surface area contributed by atoms with E-state index in [-0.39, 0.29) is 12.1 Å². The Morgan fingerprint density at radius 3 is 2.44 bits per heavy atom. The van der Waals surface area contributed by atoms with Crippen molar-refractivity contribution in [2.24, 2.45) is 0 Å². The van der Waals surface area contributed by atoms with Crippen LogP contribution in [0.5, 0.6) is 11.5 Å². The molecule has 0 aliphatic heterocycles. The Labute approximate surface area is 184 Å². The molecule has 32 heavy (non-hydrogen) atoms. The lowest BCUT2D eigenvalue weighted by atomic mass is 10.0. The van der Waals surface area contributed by atoms with Crippen molar-refractivity contribution in [3.8, 4) is 17.2 Å².